The van der Waals surface area contributed by atoms with Gasteiger partial charge in [-0.15, -0.1) is 0 Å². The molecule has 0 N–H and O–H groups in total. The summed E-state index contributed by atoms with van der Waals surface area (Å²) in [5.74, 6) is 0. The molecule has 0 heterocycles. The van der Waals surface area contributed by atoms with Crippen LogP contribution in [-0.2, 0) is 0 Å². The second-order valence-corrected chi connectivity index (χ2v) is 0.643. The van der Waals surface area contributed by atoms with Crippen LogP contribution in [0, 0.1) is 5.39 Å². The van der Waals surface area contributed by atoms with Gasteiger partial charge in [-0.05, 0) is 0 Å². The molecule has 0 aromatic heterocycles. The molecular weight excluding hydrogens is 87.5 g/mol. The average molecular weight is 89.5 g/mol. The quantitative estimate of drug-likeness (QED) is 0.414. The molecule has 0 aliphatic rings. The van der Waals surface area contributed by atoms with Crippen LogP contribution in [0.4, 0.5) is 0 Å². The van der Waals surface area contributed by atoms with Crippen LogP contribution in [0.25, 0.3) is 4.98 Å². The lowest BCUT2D eigenvalue weighted by atomic mass is 11.1. The number of nitrogens with zero attached hydrogens (tertiary/aromatic N) is 2. The topological polar surface area (TPSA) is 28.1 Å². The Labute approximate surface area is 34.7 Å². The maximum atomic E-state index is 7.52. The van der Waals surface area contributed by atoms with E-state index in [4.69, 9.17) is 17.0 Å². The number of hydrogen-bond donors (Lipinski definition) is 0. The fourth-order valence-corrected chi connectivity index (χ4v) is 0.0756. The molecule has 0 atom stereocenters. The van der Waals surface area contributed by atoms with Crippen molar-refractivity contribution < 1.29 is 0 Å². The number of hydrogen-bond acceptors (Lipinski definition) is 1. The van der Waals surface area contributed by atoms with E-state index in [1.165, 1.54) is 0 Å². The predicted octanol–water partition coefficient (Wildman–Crippen LogP) is 1.55. The maximum absolute atomic E-state index is 7.52. The summed E-state index contributed by atoms with van der Waals surface area (Å²) < 4.78 is 0. The van der Waals surface area contributed by atoms with Crippen LogP contribution in [0.15, 0.2) is 11.7 Å². The first-order chi connectivity index (χ1) is 2.41. The third kappa shape index (κ3) is 3.45. The Bertz CT molecular complexity index is 70.2. The zero-order valence-electron chi connectivity index (χ0n) is 2.43. The van der Waals surface area contributed by atoms with E-state index in [0.29, 0.717) is 0 Å². The minimum Gasteiger partial charge on any atom is -0.0849 e. The molecule has 0 aromatic carbocycles. The number of diazo groups is 1. The van der Waals surface area contributed by atoms with Crippen molar-refractivity contribution in [3.8, 4) is 0 Å². The first kappa shape index (κ1) is 4.45. The first-order valence-electron chi connectivity index (χ1n) is 1.01. The normalized spacial score (nSPS) is 8.00. The molecule has 0 aromatic rings. The van der Waals surface area contributed by atoms with Gasteiger partial charge in [-0.2, -0.15) is 0 Å². The molecule has 0 radical (unpaired) electrons. The van der Waals surface area contributed by atoms with Gasteiger partial charge < -0.3 is 0 Å². The summed E-state index contributed by atoms with van der Waals surface area (Å²) in [5, 5.41) is 7.52. The number of halogens is 1. The minimum atomic E-state index is 1.07. The standard InChI is InChI=1S/C2H2ClN2/c3-1-2-5-4/h1-2H/q+1/b2-1-. The molecule has 0 saturated heterocycles. The zero-order chi connectivity index (χ0) is 4.12. The Hall–Kier alpha value is -0.550. The Morgan fingerprint density at radius 3 is 2.40 bits per heavy atom. The fraction of sp³-hybridized carbons (Fsp3) is 0. The molecule has 0 fully saturated rings. The van der Waals surface area contributed by atoms with Gasteiger partial charge in [0.25, 0.3) is 0 Å². The van der Waals surface area contributed by atoms with Crippen LogP contribution in [0.2, 0.25) is 0 Å². The molecule has 0 saturated carbocycles. The van der Waals surface area contributed by atoms with Gasteiger partial charge in [0.1, 0.15) is 0 Å². The van der Waals surface area contributed by atoms with Crippen LogP contribution in [-0.4, -0.2) is 0 Å². The van der Waals surface area contributed by atoms with Crippen molar-refractivity contribution in [2.75, 3.05) is 0 Å². The van der Waals surface area contributed by atoms with Crippen LogP contribution < -0.4 is 0 Å². The van der Waals surface area contributed by atoms with Crippen molar-refractivity contribution in [3.63, 3.8) is 0 Å². The molecule has 26 valence electrons. The highest BCUT2D eigenvalue weighted by Gasteiger charge is 1.66. The van der Waals surface area contributed by atoms with Gasteiger partial charge in [0, 0.05) is 0 Å². The van der Waals surface area contributed by atoms with Gasteiger partial charge in [0.2, 0.25) is 5.39 Å². The van der Waals surface area contributed by atoms with Gasteiger partial charge in [0.15, 0.2) is 4.98 Å². The van der Waals surface area contributed by atoms with Crippen molar-refractivity contribution in [1.82, 2.24) is 0 Å². The third-order valence-electron chi connectivity index (χ3n) is 0.123. The second kappa shape index (κ2) is 3.45. The summed E-state index contributed by atoms with van der Waals surface area (Å²) in [6.45, 7) is 0. The number of rotatable bonds is 0. The van der Waals surface area contributed by atoms with Gasteiger partial charge in [0.05, 0.1) is 5.54 Å². The van der Waals surface area contributed by atoms with E-state index < -0.39 is 0 Å². The van der Waals surface area contributed by atoms with Crippen molar-refractivity contribution in [1.29, 1.82) is 5.39 Å². The van der Waals surface area contributed by atoms with Gasteiger partial charge in [-0.1, -0.05) is 11.6 Å². The van der Waals surface area contributed by atoms with Crippen LogP contribution in [0.1, 0.15) is 0 Å². The largest absolute Gasteiger partial charge is 0.361 e. The Morgan fingerprint density at radius 2 is 2.40 bits per heavy atom. The van der Waals surface area contributed by atoms with Crippen LogP contribution in [0.3, 0.4) is 0 Å². The lowest BCUT2D eigenvalue weighted by molar-refractivity contribution is 1.47. The van der Waals surface area contributed by atoms with Crippen LogP contribution in [0.5, 0.6) is 0 Å². The molecule has 3 heteroatoms. The molecule has 0 spiro atoms. The van der Waals surface area contributed by atoms with Crippen molar-refractivity contribution in [3.05, 3.63) is 16.7 Å². The fourth-order valence-electron chi connectivity index (χ4n) is 0.0252. The molecule has 0 bridgehead atoms. The van der Waals surface area contributed by atoms with E-state index >= 15 is 0 Å². The van der Waals surface area contributed by atoms with E-state index in [2.05, 4.69) is 4.98 Å². The summed E-state index contributed by atoms with van der Waals surface area (Å²) in [5.41, 5.74) is 1.11. The van der Waals surface area contributed by atoms with E-state index in [9.17, 15) is 0 Å². The highest BCUT2D eigenvalue weighted by molar-refractivity contribution is 6.25. The molecule has 0 rings (SSSR count). The minimum absolute atomic E-state index is 1.07. The molecule has 2 nitrogen and oxygen atoms in total. The summed E-state index contributed by atoms with van der Waals surface area (Å²) in [6.07, 6.45) is 1.07. The van der Waals surface area contributed by atoms with Gasteiger partial charge in [-0.3, -0.25) is 0 Å². The molecule has 0 amide bonds. The van der Waals surface area contributed by atoms with Crippen molar-refractivity contribution >= 4 is 11.6 Å². The predicted molar refractivity (Wildman–Crippen MR) is 20.1 cm³/mol. The zero-order valence-corrected chi connectivity index (χ0v) is 3.18. The lowest BCUT2D eigenvalue weighted by Crippen LogP contribution is -1.23. The average Bonchev–Trinajstić information content (AvgIpc) is 1.41. The Balaban J connectivity index is 3.04. The van der Waals surface area contributed by atoms with E-state index in [1.807, 2.05) is 0 Å². The van der Waals surface area contributed by atoms with E-state index in [0.717, 1.165) is 11.7 Å². The lowest BCUT2D eigenvalue weighted by Gasteiger charge is -1.30. The smallest absolute Gasteiger partial charge is 0.0849 e. The molecule has 5 heavy (non-hydrogen) atoms. The summed E-state index contributed by atoms with van der Waals surface area (Å²) in [4.78, 5) is 2.54. The molecule has 0 aliphatic heterocycles. The summed E-state index contributed by atoms with van der Waals surface area (Å²) in [7, 11) is 0. The Kier molecular flexibility index (Phi) is 3.07. The van der Waals surface area contributed by atoms with Gasteiger partial charge in [-0.25, -0.2) is 0 Å². The molecule has 0 unspecified atom stereocenters. The monoisotopic (exact) mass is 89.0 g/mol. The molecular formula is C2H2ClN2+. The second-order valence-electron chi connectivity index (χ2n) is 0.391. The molecule has 0 aliphatic carbocycles. The summed E-state index contributed by atoms with van der Waals surface area (Å²) in [6, 6.07) is 0. The van der Waals surface area contributed by atoms with Crippen molar-refractivity contribution in [2.45, 2.75) is 0 Å². The Morgan fingerprint density at radius 1 is 1.80 bits per heavy atom. The van der Waals surface area contributed by atoms with Gasteiger partial charge >= 0.3 is 6.20 Å². The van der Waals surface area contributed by atoms with Crippen molar-refractivity contribution in [2.24, 2.45) is 0 Å². The maximum Gasteiger partial charge on any atom is 0.361 e. The van der Waals surface area contributed by atoms with Crippen LogP contribution >= 0.6 is 11.6 Å². The van der Waals surface area contributed by atoms with E-state index in [1.54, 1.807) is 0 Å². The van der Waals surface area contributed by atoms with E-state index in [-0.39, 0.29) is 0 Å². The highest BCUT2D eigenvalue weighted by atomic mass is 35.5. The highest BCUT2D eigenvalue weighted by Crippen LogP contribution is 1.74. The first-order valence-corrected chi connectivity index (χ1v) is 1.45. The SMILES string of the molecule is N#[N+]/C=C\Cl. The summed E-state index contributed by atoms with van der Waals surface area (Å²) >= 11 is 4.87. The third-order valence-corrected chi connectivity index (χ3v) is 0.236.